The summed E-state index contributed by atoms with van der Waals surface area (Å²) in [4.78, 5) is 24.2. The lowest BCUT2D eigenvalue weighted by Gasteiger charge is -2.30. The van der Waals surface area contributed by atoms with Gasteiger partial charge in [0.1, 0.15) is 11.9 Å². The van der Waals surface area contributed by atoms with Crippen LogP contribution < -0.4 is 9.62 Å². The first-order valence-corrected chi connectivity index (χ1v) is 10.3. The number of amides is 1. The van der Waals surface area contributed by atoms with Crippen LogP contribution in [0, 0.1) is 5.82 Å². The molecule has 2 rings (SSSR count). The lowest BCUT2D eigenvalue weighted by molar-refractivity contribution is -0.117. The number of hydrogen-bond donors (Lipinski definition) is 1. The minimum atomic E-state index is -3.94. The molecule has 0 fully saturated rings. The molecule has 150 valence electrons. The Morgan fingerprint density at radius 1 is 1.14 bits per heavy atom. The largest absolute Gasteiger partial charge is 0.465 e. The molecular weight excluding hydrogens is 387 g/mol. The maximum atomic E-state index is 14.2. The Kier molecular flexibility index (Phi) is 6.74. The quantitative estimate of drug-likeness (QED) is 0.711. The molecule has 0 aliphatic rings. The summed E-state index contributed by atoms with van der Waals surface area (Å²) in [7, 11) is -2.68. The van der Waals surface area contributed by atoms with Crippen molar-refractivity contribution in [1.29, 1.82) is 0 Å². The minimum absolute atomic E-state index is 0.119. The van der Waals surface area contributed by atoms with Gasteiger partial charge in [0.05, 0.1) is 24.6 Å². The van der Waals surface area contributed by atoms with Gasteiger partial charge in [0, 0.05) is 5.69 Å². The molecule has 1 amide bonds. The molecule has 0 aliphatic heterocycles. The van der Waals surface area contributed by atoms with Crippen LogP contribution in [0.5, 0.6) is 0 Å². The van der Waals surface area contributed by atoms with E-state index in [1.54, 1.807) is 6.92 Å². The van der Waals surface area contributed by atoms with Crippen molar-refractivity contribution in [1.82, 2.24) is 0 Å². The maximum absolute atomic E-state index is 14.2. The Balaban J connectivity index is 2.32. The number of halogens is 1. The number of methoxy groups -OCH3 is 1. The van der Waals surface area contributed by atoms with E-state index in [2.05, 4.69) is 10.1 Å². The van der Waals surface area contributed by atoms with Crippen LogP contribution in [0.4, 0.5) is 15.8 Å². The molecule has 0 radical (unpaired) electrons. The highest BCUT2D eigenvalue weighted by Crippen LogP contribution is 2.26. The van der Waals surface area contributed by atoms with Crippen LogP contribution in [0.15, 0.2) is 48.5 Å². The fraction of sp³-hybridized carbons (Fsp3) is 0.263. The summed E-state index contributed by atoms with van der Waals surface area (Å²) in [6.45, 7) is 1.63. The highest BCUT2D eigenvalue weighted by molar-refractivity contribution is 7.92. The van der Waals surface area contributed by atoms with E-state index >= 15 is 0 Å². The fourth-order valence-electron chi connectivity index (χ4n) is 2.70. The van der Waals surface area contributed by atoms with Crippen molar-refractivity contribution in [2.45, 2.75) is 19.4 Å². The number of nitrogens with zero attached hydrogens (tertiary/aromatic N) is 1. The fourth-order valence-corrected chi connectivity index (χ4v) is 3.91. The molecule has 0 bridgehead atoms. The predicted octanol–water partition coefficient (Wildman–Crippen LogP) is 2.80. The molecule has 0 aromatic heterocycles. The van der Waals surface area contributed by atoms with Crippen molar-refractivity contribution in [3.05, 3.63) is 59.9 Å². The van der Waals surface area contributed by atoms with Gasteiger partial charge in [-0.1, -0.05) is 19.1 Å². The van der Waals surface area contributed by atoms with Crippen LogP contribution in [0.2, 0.25) is 0 Å². The van der Waals surface area contributed by atoms with Crippen molar-refractivity contribution in [2.24, 2.45) is 0 Å². The number of esters is 1. The van der Waals surface area contributed by atoms with Crippen LogP contribution in [-0.4, -0.2) is 39.7 Å². The lowest BCUT2D eigenvalue weighted by atomic mass is 10.1. The number of nitrogens with one attached hydrogen (secondary N) is 1. The topological polar surface area (TPSA) is 92.8 Å². The Labute approximate surface area is 163 Å². The number of sulfonamides is 1. The zero-order valence-electron chi connectivity index (χ0n) is 15.7. The predicted molar refractivity (Wildman–Crippen MR) is 104 cm³/mol. The number of anilines is 2. The first-order valence-electron chi connectivity index (χ1n) is 8.42. The lowest BCUT2D eigenvalue weighted by Crippen LogP contribution is -2.47. The summed E-state index contributed by atoms with van der Waals surface area (Å²) >= 11 is 0. The summed E-state index contributed by atoms with van der Waals surface area (Å²) in [5.41, 5.74) is 0.461. The van der Waals surface area contributed by atoms with Gasteiger partial charge in [0.25, 0.3) is 0 Å². The molecule has 0 heterocycles. The van der Waals surface area contributed by atoms with Gasteiger partial charge in [0.15, 0.2) is 0 Å². The zero-order chi connectivity index (χ0) is 20.9. The second-order valence-corrected chi connectivity index (χ2v) is 7.85. The van der Waals surface area contributed by atoms with Gasteiger partial charge >= 0.3 is 5.97 Å². The molecule has 9 heteroatoms. The normalized spacial score (nSPS) is 12.1. The van der Waals surface area contributed by atoms with E-state index in [0.29, 0.717) is 11.3 Å². The highest BCUT2D eigenvalue weighted by Gasteiger charge is 2.33. The maximum Gasteiger partial charge on any atom is 0.337 e. The van der Waals surface area contributed by atoms with E-state index in [4.69, 9.17) is 0 Å². The van der Waals surface area contributed by atoms with Crippen molar-refractivity contribution < 1.29 is 27.1 Å². The van der Waals surface area contributed by atoms with Gasteiger partial charge in [-0.2, -0.15) is 0 Å². The second kappa shape index (κ2) is 8.83. The van der Waals surface area contributed by atoms with Gasteiger partial charge in [0.2, 0.25) is 15.9 Å². The number of para-hydroxylation sites is 1. The number of benzene rings is 2. The zero-order valence-corrected chi connectivity index (χ0v) is 16.5. The first-order chi connectivity index (χ1) is 13.2. The molecule has 0 spiro atoms. The molecule has 0 aliphatic carbocycles. The van der Waals surface area contributed by atoms with E-state index in [0.717, 1.165) is 16.6 Å². The molecular formula is C19H21FN2O5S. The molecule has 2 aromatic carbocycles. The summed E-state index contributed by atoms with van der Waals surface area (Å²) in [5.74, 6) is -1.89. The summed E-state index contributed by atoms with van der Waals surface area (Å²) in [6, 6.07) is 10.1. The highest BCUT2D eigenvalue weighted by atomic mass is 32.2. The third-order valence-electron chi connectivity index (χ3n) is 3.99. The summed E-state index contributed by atoms with van der Waals surface area (Å²) in [5, 5.41) is 2.60. The second-order valence-electron chi connectivity index (χ2n) is 5.99. The molecule has 0 saturated heterocycles. The van der Waals surface area contributed by atoms with E-state index in [1.165, 1.54) is 49.6 Å². The Morgan fingerprint density at radius 3 is 2.25 bits per heavy atom. The van der Waals surface area contributed by atoms with E-state index < -0.39 is 33.8 Å². The standard InChI is InChI=1S/C19H21FN2O5S/c1-4-16(22(28(3,25)26)17-8-6-5-7-15(17)20)18(23)21-14-11-9-13(10-12-14)19(24)27-2/h5-12,16H,4H2,1-3H3,(H,21,23)/t16-/m1/s1. The average Bonchev–Trinajstić information content (AvgIpc) is 2.65. The molecule has 2 aromatic rings. The van der Waals surface area contributed by atoms with Gasteiger partial charge in [-0.15, -0.1) is 0 Å². The van der Waals surface area contributed by atoms with E-state index in [1.807, 2.05) is 0 Å². The average molecular weight is 408 g/mol. The SMILES string of the molecule is CC[C@H](C(=O)Nc1ccc(C(=O)OC)cc1)N(c1ccccc1F)S(C)(=O)=O. The van der Waals surface area contributed by atoms with Crippen LogP contribution >= 0.6 is 0 Å². The van der Waals surface area contributed by atoms with Crippen molar-refractivity contribution in [3.63, 3.8) is 0 Å². The van der Waals surface area contributed by atoms with Crippen LogP contribution in [0.1, 0.15) is 23.7 Å². The van der Waals surface area contributed by atoms with Crippen LogP contribution in [-0.2, 0) is 19.6 Å². The Bertz CT molecular complexity index is 961. The number of rotatable bonds is 7. The van der Waals surface area contributed by atoms with Crippen molar-refractivity contribution in [3.8, 4) is 0 Å². The van der Waals surface area contributed by atoms with Crippen molar-refractivity contribution in [2.75, 3.05) is 23.0 Å². The van der Waals surface area contributed by atoms with Gasteiger partial charge in [-0.25, -0.2) is 17.6 Å². The van der Waals surface area contributed by atoms with Gasteiger partial charge in [-0.3, -0.25) is 9.10 Å². The summed E-state index contributed by atoms with van der Waals surface area (Å²) < 4.78 is 44.3. The van der Waals surface area contributed by atoms with Gasteiger partial charge in [-0.05, 0) is 42.8 Å². The molecule has 1 N–H and O–H groups in total. The third-order valence-corrected chi connectivity index (χ3v) is 5.16. The molecule has 0 unspecified atom stereocenters. The van der Waals surface area contributed by atoms with E-state index in [-0.39, 0.29) is 12.1 Å². The minimum Gasteiger partial charge on any atom is -0.465 e. The molecule has 1 atom stereocenters. The first kappa shape index (κ1) is 21.4. The number of carbonyl (C=O) groups is 2. The van der Waals surface area contributed by atoms with Crippen LogP contribution in [0.25, 0.3) is 0 Å². The van der Waals surface area contributed by atoms with Gasteiger partial charge < -0.3 is 10.1 Å². The van der Waals surface area contributed by atoms with Crippen molar-refractivity contribution >= 4 is 33.3 Å². The molecule has 28 heavy (non-hydrogen) atoms. The third kappa shape index (κ3) is 4.86. The molecule has 0 saturated carbocycles. The number of ether oxygens (including phenoxy) is 1. The Morgan fingerprint density at radius 2 is 1.75 bits per heavy atom. The van der Waals surface area contributed by atoms with E-state index in [9.17, 15) is 22.4 Å². The monoisotopic (exact) mass is 408 g/mol. The number of carbonyl (C=O) groups excluding carboxylic acids is 2. The Hall–Kier alpha value is -2.94. The number of hydrogen-bond acceptors (Lipinski definition) is 5. The molecule has 7 nitrogen and oxygen atoms in total. The smallest absolute Gasteiger partial charge is 0.337 e. The van der Waals surface area contributed by atoms with Crippen LogP contribution in [0.3, 0.4) is 0 Å². The summed E-state index contributed by atoms with van der Waals surface area (Å²) in [6.07, 6.45) is 1.04.